The van der Waals surface area contributed by atoms with Crippen molar-refractivity contribution in [2.75, 3.05) is 19.6 Å². The van der Waals surface area contributed by atoms with Crippen LogP contribution in [0.4, 0.5) is 0 Å². The summed E-state index contributed by atoms with van der Waals surface area (Å²) in [5, 5.41) is 8.95. The predicted molar refractivity (Wildman–Crippen MR) is 66.3 cm³/mol. The van der Waals surface area contributed by atoms with Crippen molar-refractivity contribution in [3.63, 3.8) is 0 Å². The van der Waals surface area contributed by atoms with Crippen molar-refractivity contribution in [1.82, 2.24) is 4.90 Å². The van der Waals surface area contributed by atoms with E-state index in [0.717, 1.165) is 11.5 Å². The van der Waals surface area contributed by atoms with E-state index in [1.807, 2.05) is 12.1 Å². The zero-order valence-electron chi connectivity index (χ0n) is 10.0. The van der Waals surface area contributed by atoms with E-state index in [0.29, 0.717) is 0 Å². The molecule has 0 saturated carbocycles. The molecule has 2 nitrogen and oxygen atoms in total. The highest BCUT2D eigenvalue weighted by atomic mass is 16.3. The second kappa shape index (κ2) is 5.46. The van der Waals surface area contributed by atoms with Gasteiger partial charge in [0.15, 0.2) is 0 Å². The van der Waals surface area contributed by atoms with Crippen LogP contribution < -0.4 is 0 Å². The van der Waals surface area contributed by atoms with Crippen molar-refractivity contribution in [2.45, 2.75) is 26.4 Å². The Bertz CT molecular complexity index is 314. The Balaban J connectivity index is 1.78. The van der Waals surface area contributed by atoms with Crippen LogP contribution in [-0.4, -0.2) is 29.6 Å². The summed E-state index contributed by atoms with van der Waals surface area (Å²) in [4.78, 5) is 2.52. The van der Waals surface area contributed by atoms with Crippen LogP contribution in [-0.2, 0) is 13.0 Å². The normalized spacial score (nSPS) is 17.4. The molecular weight excluding hydrogens is 198 g/mol. The van der Waals surface area contributed by atoms with Gasteiger partial charge in [-0.2, -0.15) is 0 Å². The van der Waals surface area contributed by atoms with Gasteiger partial charge < -0.3 is 10.0 Å². The first-order valence-electron chi connectivity index (χ1n) is 6.23. The first-order chi connectivity index (χ1) is 7.81. The van der Waals surface area contributed by atoms with Crippen molar-refractivity contribution in [2.24, 2.45) is 5.92 Å². The smallest absolute Gasteiger partial charge is 0.0681 e. The molecular formula is C14H21NO. The first kappa shape index (κ1) is 11.6. The molecule has 0 aromatic heterocycles. The van der Waals surface area contributed by atoms with Gasteiger partial charge in [0.05, 0.1) is 6.61 Å². The highest BCUT2D eigenvalue weighted by molar-refractivity contribution is 5.22. The third kappa shape index (κ3) is 2.83. The van der Waals surface area contributed by atoms with E-state index >= 15 is 0 Å². The Morgan fingerprint density at radius 3 is 2.38 bits per heavy atom. The van der Waals surface area contributed by atoms with Crippen molar-refractivity contribution in [3.05, 3.63) is 35.4 Å². The monoisotopic (exact) mass is 219 g/mol. The van der Waals surface area contributed by atoms with E-state index in [2.05, 4.69) is 24.0 Å². The molecule has 0 unspecified atom stereocenters. The molecule has 1 saturated heterocycles. The second-order valence-electron chi connectivity index (χ2n) is 4.80. The molecule has 0 aliphatic carbocycles. The van der Waals surface area contributed by atoms with Gasteiger partial charge in [0.25, 0.3) is 0 Å². The van der Waals surface area contributed by atoms with Gasteiger partial charge in [-0.05, 0) is 36.4 Å². The summed E-state index contributed by atoms with van der Waals surface area (Å²) in [6.45, 7) is 6.15. The van der Waals surface area contributed by atoms with E-state index in [1.165, 1.54) is 38.0 Å². The molecule has 1 heterocycles. The third-order valence-corrected chi connectivity index (χ3v) is 3.30. The number of rotatable bonds is 5. The number of nitrogens with zero attached hydrogens (tertiary/aromatic N) is 1. The summed E-state index contributed by atoms with van der Waals surface area (Å²) in [5.41, 5.74) is 2.41. The van der Waals surface area contributed by atoms with E-state index in [4.69, 9.17) is 5.11 Å². The zero-order chi connectivity index (χ0) is 11.4. The highest BCUT2D eigenvalue weighted by Crippen LogP contribution is 2.20. The number of aliphatic hydroxyl groups is 1. The van der Waals surface area contributed by atoms with Crippen LogP contribution in [0.3, 0.4) is 0 Å². The summed E-state index contributed by atoms with van der Waals surface area (Å²) in [5.74, 6) is 0.839. The minimum atomic E-state index is 0.147. The fraction of sp³-hybridized carbons (Fsp3) is 0.571. The van der Waals surface area contributed by atoms with Crippen LogP contribution in [0, 0.1) is 5.92 Å². The minimum absolute atomic E-state index is 0.147. The average molecular weight is 219 g/mol. The third-order valence-electron chi connectivity index (χ3n) is 3.30. The molecule has 2 rings (SSSR count). The molecule has 1 aliphatic rings. The number of benzene rings is 1. The minimum Gasteiger partial charge on any atom is -0.392 e. The van der Waals surface area contributed by atoms with Crippen LogP contribution in [0.25, 0.3) is 0 Å². The van der Waals surface area contributed by atoms with Gasteiger partial charge in [0, 0.05) is 13.1 Å². The Hall–Kier alpha value is -0.860. The molecule has 0 amide bonds. The van der Waals surface area contributed by atoms with Crippen molar-refractivity contribution < 1.29 is 5.11 Å². The Morgan fingerprint density at radius 1 is 1.19 bits per heavy atom. The highest BCUT2D eigenvalue weighted by Gasteiger charge is 2.25. The van der Waals surface area contributed by atoms with Gasteiger partial charge in [-0.15, -0.1) is 0 Å². The SMILES string of the molecule is CCCN1CC(Cc2ccc(CO)cc2)C1. The largest absolute Gasteiger partial charge is 0.392 e. The number of aliphatic hydroxyl groups excluding tert-OH is 1. The molecule has 0 radical (unpaired) electrons. The van der Waals surface area contributed by atoms with E-state index in [-0.39, 0.29) is 6.61 Å². The van der Waals surface area contributed by atoms with Gasteiger partial charge in [0.2, 0.25) is 0 Å². The number of hydrogen-bond donors (Lipinski definition) is 1. The van der Waals surface area contributed by atoms with E-state index in [9.17, 15) is 0 Å². The molecule has 0 spiro atoms. The lowest BCUT2D eigenvalue weighted by Gasteiger charge is -2.39. The maximum absolute atomic E-state index is 8.95. The maximum atomic E-state index is 8.95. The van der Waals surface area contributed by atoms with Gasteiger partial charge in [-0.3, -0.25) is 0 Å². The molecule has 88 valence electrons. The van der Waals surface area contributed by atoms with Crippen molar-refractivity contribution in [1.29, 1.82) is 0 Å². The van der Waals surface area contributed by atoms with Crippen LogP contribution in [0.5, 0.6) is 0 Å². The Labute approximate surface area is 97.9 Å². The zero-order valence-corrected chi connectivity index (χ0v) is 10.0. The molecule has 1 aromatic carbocycles. The molecule has 0 bridgehead atoms. The summed E-state index contributed by atoms with van der Waals surface area (Å²) >= 11 is 0. The maximum Gasteiger partial charge on any atom is 0.0681 e. The van der Waals surface area contributed by atoms with Gasteiger partial charge in [-0.25, -0.2) is 0 Å². The van der Waals surface area contributed by atoms with E-state index < -0.39 is 0 Å². The standard InChI is InChI=1S/C14H21NO/c1-2-7-15-9-14(10-15)8-12-3-5-13(11-16)6-4-12/h3-6,14,16H,2,7-11H2,1H3. The lowest BCUT2D eigenvalue weighted by molar-refractivity contribution is 0.101. The molecule has 16 heavy (non-hydrogen) atoms. The van der Waals surface area contributed by atoms with Gasteiger partial charge >= 0.3 is 0 Å². The number of hydrogen-bond acceptors (Lipinski definition) is 2. The lowest BCUT2D eigenvalue weighted by Crippen LogP contribution is -2.47. The quantitative estimate of drug-likeness (QED) is 0.819. The van der Waals surface area contributed by atoms with Gasteiger partial charge in [-0.1, -0.05) is 31.2 Å². The molecule has 2 heteroatoms. The average Bonchev–Trinajstić information content (AvgIpc) is 2.27. The fourth-order valence-corrected chi connectivity index (χ4v) is 2.42. The van der Waals surface area contributed by atoms with Crippen LogP contribution in [0.2, 0.25) is 0 Å². The van der Waals surface area contributed by atoms with Crippen LogP contribution in [0.1, 0.15) is 24.5 Å². The predicted octanol–water partition coefficient (Wildman–Crippen LogP) is 2.06. The first-order valence-corrected chi connectivity index (χ1v) is 6.23. The van der Waals surface area contributed by atoms with Crippen molar-refractivity contribution in [3.8, 4) is 0 Å². The molecule has 1 fully saturated rings. The summed E-state index contributed by atoms with van der Waals surface area (Å²) in [6.07, 6.45) is 2.45. The molecule has 0 atom stereocenters. The second-order valence-corrected chi connectivity index (χ2v) is 4.80. The Kier molecular flexibility index (Phi) is 3.97. The van der Waals surface area contributed by atoms with Gasteiger partial charge in [0.1, 0.15) is 0 Å². The Morgan fingerprint density at radius 2 is 1.81 bits per heavy atom. The van der Waals surface area contributed by atoms with E-state index in [1.54, 1.807) is 0 Å². The molecule has 1 aromatic rings. The summed E-state index contributed by atoms with van der Waals surface area (Å²) < 4.78 is 0. The topological polar surface area (TPSA) is 23.5 Å². The molecule has 1 aliphatic heterocycles. The number of likely N-dealkylation sites (tertiary alicyclic amines) is 1. The lowest BCUT2D eigenvalue weighted by atomic mass is 9.92. The van der Waals surface area contributed by atoms with Crippen LogP contribution >= 0.6 is 0 Å². The summed E-state index contributed by atoms with van der Waals surface area (Å²) in [7, 11) is 0. The van der Waals surface area contributed by atoms with Crippen LogP contribution in [0.15, 0.2) is 24.3 Å². The summed E-state index contributed by atoms with van der Waals surface area (Å²) in [6, 6.07) is 8.34. The van der Waals surface area contributed by atoms with Crippen molar-refractivity contribution >= 4 is 0 Å². The fourth-order valence-electron chi connectivity index (χ4n) is 2.42. The molecule has 1 N–H and O–H groups in total.